The molecule has 0 aliphatic carbocycles. The van der Waals surface area contributed by atoms with Crippen LogP contribution in [0.4, 0.5) is 0 Å². The van der Waals surface area contributed by atoms with Crippen LogP contribution < -0.4 is 4.74 Å². The maximum absolute atomic E-state index is 6.13. The van der Waals surface area contributed by atoms with Crippen LogP contribution in [0.25, 0.3) is 16.9 Å². The standard InChI is InChI=1S/C23H24Cl2N6O2/c1-16-13-22(28-31(16)18-4-5-19(24)20(25)14-18)32-11-12-33-29-9-6-17(7-10-29)30-15-27-21-3-2-8-26-23(21)30/h2-5,8,13-15,17H,6-7,9-12H2,1H3. The van der Waals surface area contributed by atoms with Gasteiger partial charge in [-0.1, -0.05) is 23.2 Å². The highest BCUT2D eigenvalue weighted by Crippen LogP contribution is 2.27. The van der Waals surface area contributed by atoms with Crippen molar-refractivity contribution in [3.63, 3.8) is 0 Å². The number of fused-ring (bicyclic) bond motifs is 1. The van der Waals surface area contributed by atoms with Crippen LogP contribution in [0.3, 0.4) is 0 Å². The van der Waals surface area contributed by atoms with Gasteiger partial charge in [0.15, 0.2) is 5.65 Å². The number of imidazole rings is 1. The lowest BCUT2D eigenvalue weighted by atomic mass is 10.1. The number of hydrogen-bond acceptors (Lipinski definition) is 6. The molecule has 1 fully saturated rings. The van der Waals surface area contributed by atoms with Crippen LogP contribution in [0.2, 0.25) is 10.0 Å². The highest BCUT2D eigenvalue weighted by Gasteiger charge is 2.22. The molecule has 0 saturated carbocycles. The molecule has 8 nitrogen and oxygen atoms in total. The van der Waals surface area contributed by atoms with E-state index in [-0.39, 0.29) is 0 Å². The van der Waals surface area contributed by atoms with E-state index >= 15 is 0 Å². The van der Waals surface area contributed by atoms with Gasteiger partial charge < -0.3 is 9.30 Å². The molecule has 1 aliphatic rings. The number of rotatable bonds is 7. The summed E-state index contributed by atoms with van der Waals surface area (Å²) in [5.74, 6) is 0.542. The fraction of sp³-hybridized carbons (Fsp3) is 0.348. The lowest BCUT2D eigenvalue weighted by Crippen LogP contribution is -2.35. The van der Waals surface area contributed by atoms with Crippen molar-refractivity contribution in [2.45, 2.75) is 25.8 Å². The number of halogens is 2. The highest BCUT2D eigenvalue weighted by molar-refractivity contribution is 6.42. The summed E-state index contributed by atoms with van der Waals surface area (Å²) in [6.07, 6.45) is 5.67. The van der Waals surface area contributed by atoms with Gasteiger partial charge >= 0.3 is 0 Å². The van der Waals surface area contributed by atoms with E-state index in [4.69, 9.17) is 32.8 Å². The van der Waals surface area contributed by atoms with Gasteiger partial charge in [-0.2, -0.15) is 5.06 Å². The molecule has 33 heavy (non-hydrogen) atoms. The number of pyridine rings is 1. The Bertz CT molecular complexity index is 1250. The number of nitrogens with zero attached hydrogens (tertiary/aromatic N) is 6. The molecule has 0 N–H and O–H groups in total. The molecule has 0 spiro atoms. The summed E-state index contributed by atoms with van der Waals surface area (Å²) < 4.78 is 9.76. The summed E-state index contributed by atoms with van der Waals surface area (Å²) in [5.41, 5.74) is 3.65. The molecule has 0 amide bonds. The van der Waals surface area contributed by atoms with E-state index in [0.717, 1.165) is 48.5 Å². The van der Waals surface area contributed by atoms with Crippen molar-refractivity contribution in [2.24, 2.45) is 0 Å². The summed E-state index contributed by atoms with van der Waals surface area (Å²) >= 11 is 12.1. The normalized spacial score (nSPS) is 15.4. The van der Waals surface area contributed by atoms with Crippen LogP contribution in [0.5, 0.6) is 5.88 Å². The second kappa shape index (κ2) is 9.69. The molecule has 4 aromatic rings. The van der Waals surface area contributed by atoms with Crippen molar-refractivity contribution in [3.05, 3.63) is 64.7 Å². The molecule has 4 heterocycles. The minimum absolute atomic E-state index is 0.384. The lowest BCUT2D eigenvalue weighted by Gasteiger charge is -2.31. The Labute approximate surface area is 201 Å². The number of benzene rings is 1. The monoisotopic (exact) mass is 486 g/mol. The first-order chi connectivity index (χ1) is 16.1. The quantitative estimate of drug-likeness (QED) is 0.346. The average Bonchev–Trinajstić information content (AvgIpc) is 3.42. The topological polar surface area (TPSA) is 70.2 Å². The molecule has 1 saturated heterocycles. The third kappa shape index (κ3) is 4.84. The van der Waals surface area contributed by atoms with Gasteiger partial charge in [0.1, 0.15) is 18.7 Å². The van der Waals surface area contributed by atoms with Gasteiger partial charge in [0, 0.05) is 37.1 Å². The van der Waals surface area contributed by atoms with E-state index in [1.165, 1.54) is 0 Å². The minimum atomic E-state index is 0.384. The van der Waals surface area contributed by atoms with Gasteiger partial charge in [0.2, 0.25) is 5.88 Å². The summed E-state index contributed by atoms with van der Waals surface area (Å²) in [5, 5.41) is 7.51. The second-order valence-electron chi connectivity index (χ2n) is 7.97. The van der Waals surface area contributed by atoms with Crippen LogP contribution in [0.15, 0.2) is 48.9 Å². The smallest absolute Gasteiger partial charge is 0.233 e. The largest absolute Gasteiger partial charge is 0.474 e. The Morgan fingerprint density at radius 3 is 2.70 bits per heavy atom. The third-order valence-corrected chi connectivity index (χ3v) is 6.51. The number of hydroxylamine groups is 2. The molecule has 172 valence electrons. The second-order valence-corrected chi connectivity index (χ2v) is 8.79. The van der Waals surface area contributed by atoms with Crippen molar-refractivity contribution >= 4 is 34.4 Å². The summed E-state index contributed by atoms with van der Waals surface area (Å²) in [6.45, 7) is 4.53. The van der Waals surface area contributed by atoms with Crippen molar-refractivity contribution < 1.29 is 9.57 Å². The van der Waals surface area contributed by atoms with E-state index in [2.05, 4.69) is 19.6 Å². The first-order valence-corrected chi connectivity index (χ1v) is 11.6. The Balaban J connectivity index is 1.09. The van der Waals surface area contributed by atoms with Gasteiger partial charge in [0.25, 0.3) is 0 Å². The fourth-order valence-corrected chi connectivity index (χ4v) is 4.38. The van der Waals surface area contributed by atoms with Crippen molar-refractivity contribution in [2.75, 3.05) is 26.3 Å². The van der Waals surface area contributed by atoms with Gasteiger partial charge in [-0.25, -0.2) is 14.6 Å². The molecule has 10 heteroatoms. The average molecular weight is 487 g/mol. The van der Waals surface area contributed by atoms with Gasteiger partial charge in [-0.3, -0.25) is 4.84 Å². The summed E-state index contributed by atoms with van der Waals surface area (Å²) in [7, 11) is 0. The van der Waals surface area contributed by atoms with Crippen molar-refractivity contribution in [1.29, 1.82) is 0 Å². The molecule has 1 aromatic carbocycles. The molecule has 0 atom stereocenters. The van der Waals surface area contributed by atoms with E-state index in [1.54, 1.807) is 16.8 Å². The Morgan fingerprint density at radius 1 is 1.03 bits per heavy atom. The number of aryl methyl sites for hydroxylation is 1. The highest BCUT2D eigenvalue weighted by atomic mass is 35.5. The van der Waals surface area contributed by atoms with Crippen LogP contribution >= 0.6 is 23.2 Å². The summed E-state index contributed by atoms with van der Waals surface area (Å²) in [6, 6.07) is 11.6. The zero-order valence-electron chi connectivity index (χ0n) is 18.2. The number of ether oxygens (including phenoxy) is 1. The van der Waals surface area contributed by atoms with E-state index in [0.29, 0.717) is 35.2 Å². The van der Waals surface area contributed by atoms with Crippen LogP contribution in [0, 0.1) is 6.92 Å². The first-order valence-electron chi connectivity index (χ1n) is 10.9. The molecule has 1 aliphatic heterocycles. The number of piperidine rings is 1. The zero-order valence-corrected chi connectivity index (χ0v) is 19.7. The van der Waals surface area contributed by atoms with Gasteiger partial charge in [0.05, 0.1) is 22.1 Å². The maximum atomic E-state index is 6.13. The van der Waals surface area contributed by atoms with Crippen molar-refractivity contribution in [3.8, 4) is 11.6 Å². The summed E-state index contributed by atoms with van der Waals surface area (Å²) in [4.78, 5) is 14.8. The third-order valence-electron chi connectivity index (χ3n) is 5.77. The Morgan fingerprint density at radius 2 is 1.88 bits per heavy atom. The Hall–Kier alpha value is -2.65. The van der Waals surface area contributed by atoms with E-state index < -0.39 is 0 Å². The van der Waals surface area contributed by atoms with E-state index in [1.807, 2.05) is 48.8 Å². The fourth-order valence-electron chi connectivity index (χ4n) is 4.09. The minimum Gasteiger partial charge on any atom is -0.474 e. The molecular formula is C23H24Cl2N6O2. The molecule has 0 unspecified atom stereocenters. The van der Waals surface area contributed by atoms with Gasteiger partial charge in [-0.05, 0) is 50.1 Å². The van der Waals surface area contributed by atoms with Crippen LogP contribution in [0.1, 0.15) is 24.6 Å². The van der Waals surface area contributed by atoms with Crippen LogP contribution in [-0.2, 0) is 4.84 Å². The number of aromatic nitrogens is 5. The molecule has 5 rings (SSSR count). The van der Waals surface area contributed by atoms with Gasteiger partial charge in [-0.15, -0.1) is 5.10 Å². The molecule has 0 bridgehead atoms. The van der Waals surface area contributed by atoms with Crippen LogP contribution in [-0.4, -0.2) is 55.7 Å². The SMILES string of the molecule is Cc1cc(OCCON2CCC(n3cnc4cccnc43)CC2)nn1-c1ccc(Cl)c(Cl)c1. The molecular weight excluding hydrogens is 463 g/mol. The van der Waals surface area contributed by atoms with Crippen molar-refractivity contribution in [1.82, 2.24) is 29.4 Å². The first kappa shape index (κ1) is 22.2. The molecule has 0 radical (unpaired) electrons. The number of hydrogen-bond donors (Lipinski definition) is 0. The maximum Gasteiger partial charge on any atom is 0.233 e. The van der Waals surface area contributed by atoms with E-state index in [9.17, 15) is 0 Å². The zero-order chi connectivity index (χ0) is 22.8. The Kier molecular flexibility index (Phi) is 6.50. The predicted octanol–water partition coefficient (Wildman–Crippen LogP) is 4.88. The predicted molar refractivity (Wildman–Crippen MR) is 127 cm³/mol. The lowest BCUT2D eigenvalue weighted by molar-refractivity contribution is -0.177. The molecule has 3 aromatic heterocycles.